The number of hydrogen-bond donors (Lipinski definition) is 2. The van der Waals surface area contributed by atoms with Gasteiger partial charge in [-0.3, -0.25) is 14.5 Å². The Morgan fingerprint density at radius 1 is 1.30 bits per heavy atom. The number of urea groups is 1. The summed E-state index contributed by atoms with van der Waals surface area (Å²) >= 11 is 0. The van der Waals surface area contributed by atoms with Crippen molar-refractivity contribution < 1.29 is 23.2 Å². The molecule has 1 fully saturated rings. The highest BCUT2D eigenvalue weighted by Gasteiger charge is 2.38. The minimum Gasteiger partial charge on any atom is -0.326 e. The molecule has 1 saturated heterocycles. The largest absolute Gasteiger partial charge is 0.326 e. The zero-order chi connectivity index (χ0) is 17.1. The summed E-state index contributed by atoms with van der Waals surface area (Å²) in [5, 5.41) is 4.83. The first-order valence-corrected chi connectivity index (χ1v) is 7.14. The van der Waals surface area contributed by atoms with Gasteiger partial charge in [-0.1, -0.05) is 13.8 Å². The summed E-state index contributed by atoms with van der Waals surface area (Å²) in [7, 11) is 0. The van der Waals surface area contributed by atoms with E-state index in [4.69, 9.17) is 0 Å². The lowest BCUT2D eigenvalue weighted by atomic mass is 10.0. The van der Waals surface area contributed by atoms with Crippen LogP contribution in [-0.2, 0) is 9.59 Å². The number of anilines is 1. The van der Waals surface area contributed by atoms with Crippen LogP contribution in [0.2, 0.25) is 0 Å². The molecule has 0 aliphatic carbocycles. The second-order valence-electron chi connectivity index (χ2n) is 5.73. The number of carbonyl (C=O) groups is 3. The van der Waals surface area contributed by atoms with Gasteiger partial charge in [-0.25, -0.2) is 13.6 Å². The van der Waals surface area contributed by atoms with Crippen molar-refractivity contribution in [3.63, 3.8) is 0 Å². The number of halogens is 2. The molecule has 1 unspecified atom stereocenters. The molecule has 1 aliphatic heterocycles. The maximum Gasteiger partial charge on any atom is 0.325 e. The van der Waals surface area contributed by atoms with Crippen LogP contribution in [0.5, 0.6) is 0 Å². The fourth-order valence-electron chi connectivity index (χ4n) is 2.28. The molecule has 1 aliphatic rings. The number of amides is 4. The van der Waals surface area contributed by atoms with E-state index in [-0.39, 0.29) is 11.6 Å². The van der Waals surface area contributed by atoms with Crippen molar-refractivity contribution >= 4 is 23.5 Å². The first-order valence-electron chi connectivity index (χ1n) is 7.14. The summed E-state index contributed by atoms with van der Waals surface area (Å²) in [5.74, 6) is -3.07. The van der Waals surface area contributed by atoms with Crippen molar-refractivity contribution in [2.75, 3.05) is 11.9 Å². The van der Waals surface area contributed by atoms with Gasteiger partial charge in [0.1, 0.15) is 12.6 Å². The molecule has 124 valence electrons. The fourth-order valence-corrected chi connectivity index (χ4v) is 2.28. The molecule has 8 heteroatoms. The van der Waals surface area contributed by atoms with Crippen LogP contribution in [0.15, 0.2) is 18.2 Å². The minimum absolute atomic E-state index is 0.0414. The minimum atomic E-state index is -1.10. The molecule has 0 bridgehead atoms. The van der Waals surface area contributed by atoms with Crippen LogP contribution in [0.25, 0.3) is 0 Å². The predicted molar refractivity (Wildman–Crippen MR) is 78.5 cm³/mol. The van der Waals surface area contributed by atoms with Crippen molar-refractivity contribution in [2.24, 2.45) is 5.92 Å². The molecular weight excluding hydrogens is 308 g/mol. The average Bonchev–Trinajstić information content (AvgIpc) is 2.70. The summed E-state index contributed by atoms with van der Waals surface area (Å²) < 4.78 is 25.9. The van der Waals surface area contributed by atoms with Crippen LogP contribution in [0.3, 0.4) is 0 Å². The van der Waals surface area contributed by atoms with Crippen LogP contribution in [0, 0.1) is 17.6 Å². The SMILES string of the molecule is CC(C)CC1NC(=O)N(CC(=O)Nc2ccc(F)c(F)c2)C1=O. The van der Waals surface area contributed by atoms with Gasteiger partial charge in [0.2, 0.25) is 5.91 Å². The van der Waals surface area contributed by atoms with Crippen LogP contribution < -0.4 is 10.6 Å². The average molecular weight is 325 g/mol. The van der Waals surface area contributed by atoms with Gasteiger partial charge in [0, 0.05) is 11.8 Å². The first-order chi connectivity index (χ1) is 10.8. The Balaban J connectivity index is 1.98. The Hall–Kier alpha value is -2.51. The third kappa shape index (κ3) is 4.02. The Morgan fingerprint density at radius 2 is 2.00 bits per heavy atom. The zero-order valence-corrected chi connectivity index (χ0v) is 12.7. The molecule has 1 aromatic carbocycles. The highest BCUT2D eigenvalue weighted by molar-refractivity contribution is 6.07. The van der Waals surface area contributed by atoms with Crippen molar-refractivity contribution in [1.29, 1.82) is 0 Å². The van der Waals surface area contributed by atoms with Gasteiger partial charge in [-0.2, -0.15) is 0 Å². The Bertz CT molecular complexity index is 649. The van der Waals surface area contributed by atoms with Crippen LogP contribution in [-0.4, -0.2) is 35.3 Å². The topological polar surface area (TPSA) is 78.5 Å². The van der Waals surface area contributed by atoms with Crippen molar-refractivity contribution in [2.45, 2.75) is 26.3 Å². The Kier molecular flexibility index (Phi) is 4.92. The highest BCUT2D eigenvalue weighted by atomic mass is 19.2. The van der Waals surface area contributed by atoms with Crippen LogP contribution in [0.4, 0.5) is 19.3 Å². The molecular formula is C15H17F2N3O3. The number of benzene rings is 1. The summed E-state index contributed by atoms with van der Waals surface area (Å²) in [6, 6.07) is 1.60. The Morgan fingerprint density at radius 3 is 2.61 bits per heavy atom. The normalized spacial score (nSPS) is 17.6. The van der Waals surface area contributed by atoms with Crippen LogP contribution >= 0.6 is 0 Å². The van der Waals surface area contributed by atoms with E-state index in [0.717, 1.165) is 17.0 Å². The van der Waals surface area contributed by atoms with E-state index in [0.29, 0.717) is 6.42 Å². The molecule has 2 N–H and O–H groups in total. The van der Waals surface area contributed by atoms with E-state index in [1.165, 1.54) is 6.07 Å². The van der Waals surface area contributed by atoms with E-state index < -0.39 is 42.1 Å². The van der Waals surface area contributed by atoms with Gasteiger partial charge < -0.3 is 10.6 Å². The maximum atomic E-state index is 13.1. The van der Waals surface area contributed by atoms with Gasteiger partial charge >= 0.3 is 6.03 Å². The van der Waals surface area contributed by atoms with E-state index in [9.17, 15) is 23.2 Å². The summed E-state index contributed by atoms with van der Waals surface area (Å²) in [6.07, 6.45) is 0.478. The number of imide groups is 1. The van der Waals surface area contributed by atoms with Gasteiger partial charge in [-0.15, -0.1) is 0 Å². The van der Waals surface area contributed by atoms with E-state index >= 15 is 0 Å². The third-order valence-corrected chi connectivity index (χ3v) is 3.32. The molecule has 4 amide bonds. The molecule has 2 rings (SSSR count). The van der Waals surface area contributed by atoms with Crippen molar-refractivity contribution in [3.8, 4) is 0 Å². The maximum absolute atomic E-state index is 13.1. The molecule has 1 heterocycles. The summed E-state index contributed by atoms with van der Waals surface area (Å²) in [6.45, 7) is 3.34. The highest BCUT2D eigenvalue weighted by Crippen LogP contribution is 2.15. The number of nitrogens with one attached hydrogen (secondary N) is 2. The predicted octanol–water partition coefficient (Wildman–Crippen LogP) is 1.87. The standard InChI is InChI=1S/C15H17F2N3O3/c1-8(2)5-12-14(22)20(15(23)19-12)7-13(21)18-9-3-4-10(16)11(17)6-9/h3-4,6,8,12H,5,7H2,1-2H3,(H,18,21)(H,19,23). The number of rotatable bonds is 5. The lowest BCUT2D eigenvalue weighted by Crippen LogP contribution is -2.38. The molecule has 1 atom stereocenters. The summed E-state index contributed by atoms with van der Waals surface area (Å²) in [5.41, 5.74) is 0.0414. The van der Waals surface area contributed by atoms with E-state index in [1.807, 2.05) is 13.8 Å². The molecule has 0 radical (unpaired) electrons. The van der Waals surface area contributed by atoms with Gasteiger partial charge in [0.25, 0.3) is 5.91 Å². The first kappa shape index (κ1) is 16.9. The second kappa shape index (κ2) is 6.72. The molecule has 6 nitrogen and oxygen atoms in total. The Labute approximate surface area is 131 Å². The van der Waals surface area contributed by atoms with Crippen LogP contribution in [0.1, 0.15) is 20.3 Å². The summed E-state index contributed by atoms with van der Waals surface area (Å²) in [4.78, 5) is 36.6. The van der Waals surface area contributed by atoms with Gasteiger partial charge in [-0.05, 0) is 24.5 Å². The molecule has 0 spiro atoms. The van der Waals surface area contributed by atoms with Gasteiger partial charge in [0.15, 0.2) is 11.6 Å². The third-order valence-electron chi connectivity index (χ3n) is 3.32. The van der Waals surface area contributed by atoms with Crippen molar-refractivity contribution in [1.82, 2.24) is 10.2 Å². The lowest BCUT2D eigenvalue weighted by molar-refractivity contribution is -0.131. The molecule has 0 saturated carbocycles. The smallest absolute Gasteiger partial charge is 0.325 e. The molecule has 1 aromatic rings. The molecule has 0 aromatic heterocycles. The number of nitrogens with zero attached hydrogens (tertiary/aromatic N) is 1. The van der Waals surface area contributed by atoms with E-state index in [1.54, 1.807) is 0 Å². The quantitative estimate of drug-likeness (QED) is 0.811. The molecule has 23 heavy (non-hydrogen) atoms. The number of hydrogen-bond acceptors (Lipinski definition) is 3. The number of carbonyl (C=O) groups excluding carboxylic acids is 3. The fraction of sp³-hybridized carbons (Fsp3) is 0.400. The van der Waals surface area contributed by atoms with Crippen molar-refractivity contribution in [3.05, 3.63) is 29.8 Å². The second-order valence-corrected chi connectivity index (χ2v) is 5.73. The lowest BCUT2D eigenvalue weighted by Gasteiger charge is -2.13. The zero-order valence-electron chi connectivity index (χ0n) is 12.7. The van der Waals surface area contributed by atoms with Gasteiger partial charge in [0.05, 0.1) is 0 Å². The van der Waals surface area contributed by atoms with E-state index in [2.05, 4.69) is 10.6 Å². The monoisotopic (exact) mass is 325 g/mol.